The van der Waals surface area contributed by atoms with Gasteiger partial charge in [0.2, 0.25) is 0 Å². The lowest BCUT2D eigenvalue weighted by Crippen LogP contribution is -2.38. The molecule has 0 radical (unpaired) electrons. The van der Waals surface area contributed by atoms with E-state index in [0.717, 1.165) is 61.7 Å². The van der Waals surface area contributed by atoms with Crippen molar-refractivity contribution < 1.29 is 9.53 Å². The molecule has 1 amide bonds. The van der Waals surface area contributed by atoms with E-state index in [2.05, 4.69) is 20.2 Å². The van der Waals surface area contributed by atoms with E-state index in [9.17, 15) is 4.79 Å². The molecule has 1 aliphatic heterocycles. The molecule has 4 rings (SSSR count). The molecule has 6 heteroatoms. The molecule has 1 aromatic carbocycles. The van der Waals surface area contributed by atoms with E-state index in [1.807, 2.05) is 48.5 Å². The maximum Gasteiger partial charge on any atom is 0.252 e. The Balaban J connectivity index is 1.47. The smallest absolute Gasteiger partial charge is 0.252 e. The van der Waals surface area contributed by atoms with Crippen LogP contribution in [0.25, 0.3) is 22.4 Å². The lowest BCUT2D eigenvalue weighted by atomic mass is 9.98. The molecule has 3 heterocycles. The van der Waals surface area contributed by atoms with Crippen LogP contribution in [0.1, 0.15) is 16.8 Å². The topological polar surface area (TPSA) is 67.4 Å². The predicted octanol–water partition coefficient (Wildman–Crippen LogP) is 3.26. The Morgan fingerprint density at radius 2 is 1.80 bits per heavy atom. The Kier molecular flexibility index (Phi) is 6.79. The molecule has 3 aromatic rings. The van der Waals surface area contributed by atoms with Crippen molar-refractivity contribution in [3.63, 3.8) is 0 Å². The number of aromatic nitrogens is 2. The molecule has 154 valence electrons. The third-order valence-electron chi connectivity index (χ3n) is 5.23. The zero-order valence-electron chi connectivity index (χ0n) is 17.0. The Morgan fingerprint density at radius 1 is 1.03 bits per heavy atom. The number of carbonyl (C=O) groups is 1. The van der Waals surface area contributed by atoms with E-state index in [0.29, 0.717) is 12.1 Å². The van der Waals surface area contributed by atoms with Crippen molar-refractivity contribution in [1.29, 1.82) is 0 Å². The van der Waals surface area contributed by atoms with Crippen LogP contribution >= 0.6 is 0 Å². The number of carbonyl (C=O) groups excluding carboxylic acids is 1. The monoisotopic (exact) mass is 402 g/mol. The summed E-state index contributed by atoms with van der Waals surface area (Å²) in [5.41, 5.74) is 4.34. The third-order valence-corrected chi connectivity index (χ3v) is 5.23. The molecule has 0 spiro atoms. The number of hydrogen-bond acceptors (Lipinski definition) is 5. The molecule has 0 bridgehead atoms. The normalized spacial score (nSPS) is 14.4. The third kappa shape index (κ3) is 5.09. The molecule has 0 atom stereocenters. The fourth-order valence-corrected chi connectivity index (χ4v) is 3.60. The molecule has 0 aliphatic carbocycles. The highest BCUT2D eigenvalue weighted by atomic mass is 16.5. The lowest BCUT2D eigenvalue weighted by Gasteiger charge is -2.26. The molecule has 1 fully saturated rings. The number of ether oxygens (including phenoxy) is 1. The first-order valence-electron chi connectivity index (χ1n) is 10.4. The van der Waals surface area contributed by atoms with Crippen LogP contribution in [0.2, 0.25) is 0 Å². The van der Waals surface area contributed by atoms with Crippen molar-refractivity contribution >= 4 is 5.91 Å². The largest absolute Gasteiger partial charge is 0.379 e. The molecular weight excluding hydrogens is 376 g/mol. The second-order valence-corrected chi connectivity index (χ2v) is 7.29. The summed E-state index contributed by atoms with van der Waals surface area (Å²) in [6.07, 6.45) is 6.08. The molecule has 0 unspecified atom stereocenters. The van der Waals surface area contributed by atoms with Crippen LogP contribution in [0.3, 0.4) is 0 Å². The molecule has 1 N–H and O–H groups in total. The van der Waals surface area contributed by atoms with Gasteiger partial charge >= 0.3 is 0 Å². The SMILES string of the molecule is O=C(NCCCN1CCOCC1)c1cnc(-c2ccccc2)c(-c2ccncc2)c1. The summed E-state index contributed by atoms with van der Waals surface area (Å²) >= 11 is 0. The number of nitrogens with one attached hydrogen (secondary N) is 1. The Morgan fingerprint density at radius 3 is 2.57 bits per heavy atom. The van der Waals surface area contributed by atoms with E-state index in [1.165, 1.54) is 0 Å². The van der Waals surface area contributed by atoms with Crippen molar-refractivity contribution in [1.82, 2.24) is 20.2 Å². The molecular formula is C24H26N4O2. The molecule has 1 saturated heterocycles. The summed E-state index contributed by atoms with van der Waals surface area (Å²) < 4.78 is 5.37. The first kappa shape index (κ1) is 20.2. The maximum atomic E-state index is 12.7. The Labute approximate surface area is 176 Å². The highest BCUT2D eigenvalue weighted by Gasteiger charge is 2.14. The highest BCUT2D eigenvalue weighted by Crippen LogP contribution is 2.30. The van der Waals surface area contributed by atoms with Crippen molar-refractivity contribution in [3.8, 4) is 22.4 Å². The molecule has 1 aliphatic rings. The van der Waals surface area contributed by atoms with E-state index in [1.54, 1.807) is 18.6 Å². The van der Waals surface area contributed by atoms with Gasteiger partial charge in [-0.05, 0) is 36.7 Å². The van der Waals surface area contributed by atoms with E-state index >= 15 is 0 Å². The van der Waals surface area contributed by atoms with Crippen molar-refractivity contribution in [2.45, 2.75) is 6.42 Å². The quantitative estimate of drug-likeness (QED) is 0.615. The van der Waals surface area contributed by atoms with Crippen LogP contribution in [0.15, 0.2) is 67.1 Å². The first-order chi connectivity index (χ1) is 14.8. The number of rotatable bonds is 7. The Bertz CT molecular complexity index is 957. The second-order valence-electron chi connectivity index (χ2n) is 7.29. The van der Waals surface area contributed by atoms with Gasteiger partial charge in [0.25, 0.3) is 5.91 Å². The number of nitrogens with zero attached hydrogens (tertiary/aromatic N) is 3. The first-order valence-corrected chi connectivity index (χ1v) is 10.4. The molecule has 6 nitrogen and oxygen atoms in total. The van der Waals surface area contributed by atoms with Gasteiger partial charge in [0.1, 0.15) is 0 Å². The number of hydrogen-bond donors (Lipinski definition) is 1. The van der Waals surface area contributed by atoms with Gasteiger partial charge in [-0.15, -0.1) is 0 Å². The van der Waals surface area contributed by atoms with Gasteiger partial charge in [0.05, 0.1) is 24.5 Å². The average Bonchev–Trinajstić information content (AvgIpc) is 2.83. The fraction of sp³-hybridized carbons (Fsp3) is 0.292. The number of amides is 1. The van der Waals surface area contributed by atoms with Crippen molar-refractivity contribution in [2.75, 3.05) is 39.4 Å². The number of pyridine rings is 2. The second kappa shape index (κ2) is 10.1. The van der Waals surface area contributed by atoms with Gasteiger partial charge in [-0.25, -0.2) is 0 Å². The van der Waals surface area contributed by atoms with Crippen molar-refractivity contribution in [2.24, 2.45) is 0 Å². The van der Waals surface area contributed by atoms with Crippen LogP contribution in [0, 0.1) is 0 Å². The van der Waals surface area contributed by atoms with Crippen LogP contribution in [-0.4, -0.2) is 60.2 Å². The summed E-state index contributed by atoms with van der Waals surface area (Å²) in [5.74, 6) is -0.0978. The lowest BCUT2D eigenvalue weighted by molar-refractivity contribution is 0.0374. The standard InChI is InChI=1S/C24H26N4O2/c29-24(26-9-4-12-28-13-15-30-16-14-28)21-17-22(19-7-10-25-11-8-19)23(27-18-21)20-5-2-1-3-6-20/h1-3,5-8,10-11,17-18H,4,9,12-16H2,(H,26,29). The summed E-state index contributed by atoms with van der Waals surface area (Å²) in [6.45, 7) is 5.13. The van der Waals surface area contributed by atoms with Gasteiger partial charge in [-0.1, -0.05) is 30.3 Å². The van der Waals surface area contributed by atoms with Gasteiger partial charge < -0.3 is 10.1 Å². The Hall–Kier alpha value is -3.09. The molecule has 2 aromatic heterocycles. The fourth-order valence-electron chi connectivity index (χ4n) is 3.60. The average molecular weight is 402 g/mol. The highest BCUT2D eigenvalue weighted by molar-refractivity contribution is 5.96. The van der Waals surface area contributed by atoms with Gasteiger partial charge in [-0.3, -0.25) is 19.7 Å². The molecule has 30 heavy (non-hydrogen) atoms. The molecule has 0 saturated carbocycles. The zero-order chi connectivity index (χ0) is 20.6. The summed E-state index contributed by atoms with van der Waals surface area (Å²) in [4.78, 5) is 23.9. The minimum atomic E-state index is -0.0978. The van der Waals surface area contributed by atoms with Crippen LogP contribution in [0.4, 0.5) is 0 Å². The van der Waals surface area contributed by atoms with Gasteiger partial charge in [0, 0.05) is 49.4 Å². The summed E-state index contributed by atoms with van der Waals surface area (Å²) in [6, 6.07) is 15.8. The predicted molar refractivity (Wildman–Crippen MR) is 117 cm³/mol. The summed E-state index contributed by atoms with van der Waals surface area (Å²) in [5, 5.41) is 3.03. The maximum absolute atomic E-state index is 12.7. The van der Waals surface area contributed by atoms with E-state index in [4.69, 9.17) is 4.74 Å². The van der Waals surface area contributed by atoms with Crippen molar-refractivity contribution in [3.05, 3.63) is 72.7 Å². The van der Waals surface area contributed by atoms with Crippen LogP contribution in [0.5, 0.6) is 0 Å². The van der Waals surface area contributed by atoms with Crippen LogP contribution in [-0.2, 0) is 4.74 Å². The van der Waals surface area contributed by atoms with E-state index < -0.39 is 0 Å². The minimum Gasteiger partial charge on any atom is -0.379 e. The van der Waals surface area contributed by atoms with E-state index in [-0.39, 0.29) is 5.91 Å². The van der Waals surface area contributed by atoms with Gasteiger partial charge in [-0.2, -0.15) is 0 Å². The minimum absolute atomic E-state index is 0.0978. The number of morpholine rings is 1. The van der Waals surface area contributed by atoms with Crippen LogP contribution < -0.4 is 5.32 Å². The zero-order valence-corrected chi connectivity index (χ0v) is 17.0. The van der Waals surface area contributed by atoms with Gasteiger partial charge in [0.15, 0.2) is 0 Å². The number of benzene rings is 1. The summed E-state index contributed by atoms with van der Waals surface area (Å²) in [7, 11) is 0.